The Labute approximate surface area is 120 Å². The highest BCUT2D eigenvalue weighted by atomic mass is 32.1. The first-order valence-electron chi connectivity index (χ1n) is 5.92. The van der Waals surface area contributed by atoms with Gasteiger partial charge in [0.1, 0.15) is 5.01 Å². The summed E-state index contributed by atoms with van der Waals surface area (Å²) in [5.41, 5.74) is 1.61. The van der Waals surface area contributed by atoms with Crippen LogP contribution in [0, 0.1) is 12.3 Å². The summed E-state index contributed by atoms with van der Waals surface area (Å²) in [5.74, 6) is 1.56. The van der Waals surface area contributed by atoms with Crippen molar-refractivity contribution in [3.63, 3.8) is 0 Å². The number of aromatic nitrogens is 2. The molecule has 0 saturated carbocycles. The van der Waals surface area contributed by atoms with Gasteiger partial charge in [0.25, 0.3) is 0 Å². The monoisotopic (exact) mass is 287 g/mol. The van der Waals surface area contributed by atoms with E-state index >= 15 is 0 Å². The van der Waals surface area contributed by atoms with Gasteiger partial charge in [-0.3, -0.25) is 14.7 Å². The Morgan fingerprint density at radius 3 is 3.00 bits per heavy atom. The molecule has 0 aliphatic rings. The fourth-order valence-corrected chi connectivity index (χ4v) is 2.49. The van der Waals surface area contributed by atoms with Gasteiger partial charge in [0.05, 0.1) is 24.5 Å². The number of carbonyl (C=O) groups is 1. The summed E-state index contributed by atoms with van der Waals surface area (Å²) in [4.78, 5) is 21.1. The molecule has 5 nitrogen and oxygen atoms in total. The van der Waals surface area contributed by atoms with Gasteiger partial charge in [0.15, 0.2) is 0 Å². The van der Waals surface area contributed by atoms with Crippen molar-refractivity contribution in [1.82, 2.24) is 14.9 Å². The number of rotatable bonds is 6. The molecule has 0 aromatic carbocycles. The number of carboxylic acid groups (broad SMARTS) is 1. The first kappa shape index (κ1) is 14.2. The molecule has 102 valence electrons. The van der Waals surface area contributed by atoms with Gasteiger partial charge in [-0.2, -0.15) is 0 Å². The van der Waals surface area contributed by atoms with Crippen LogP contribution in [0.25, 0.3) is 10.7 Å². The van der Waals surface area contributed by atoms with Crippen LogP contribution >= 0.6 is 11.3 Å². The maximum Gasteiger partial charge on any atom is 0.317 e. The minimum atomic E-state index is -0.902. The first-order chi connectivity index (χ1) is 9.69. The first-order valence-corrected chi connectivity index (χ1v) is 6.80. The lowest BCUT2D eigenvalue weighted by atomic mass is 10.3. The second-order valence-corrected chi connectivity index (χ2v) is 4.96. The van der Waals surface area contributed by atoms with Crippen molar-refractivity contribution < 1.29 is 9.90 Å². The molecule has 0 aliphatic carbocycles. The summed E-state index contributed by atoms with van der Waals surface area (Å²) in [6.45, 7) is 0.600. The lowest BCUT2D eigenvalue weighted by molar-refractivity contribution is -0.138. The minimum Gasteiger partial charge on any atom is -0.480 e. The number of terminal acetylenes is 1. The maximum absolute atomic E-state index is 10.8. The Balaban J connectivity index is 2.08. The molecule has 0 spiro atoms. The molecule has 0 radical (unpaired) electrons. The number of hydrogen-bond acceptors (Lipinski definition) is 5. The van der Waals surface area contributed by atoms with Gasteiger partial charge in [0, 0.05) is 18.1 Å². The standard InChI is InChI=1S/C14H13N3O2S/c1-2-7-17(9-13(18)19)8-11-10-20-14(16-11)12-5-3-4-6-15-12/h1,3-6,10H,7-9H2,(H,18,19). The van der Waals surface area contributed by atoms with Crippen LogP contribution in [0.15, 0.2) is 29.8 Å². The molecule has 2 rings (SSSR count). The Hall–Kier alpha value is -2.23. The molecule has 2 aromatic heterocycles. The third-order valence-electron chi connectivity index (χ3n) is 2.50. The number of aliphatic carboxylic acids is 1. The molecule has 2 aromatic rings. The third kappa shape index (κ3) is 3.88. The minimum absolute atomic E-state index is 0.0966. The molecule has 0 bridgehead atoms. The van der Waals surface area contributed by atoms with Crippen molar-refractivity contribution in [2.75, 3.05) is 13.1 Å². The van der Waals surface area contributed by atoms with Crippen LogP contribution in [-0.4, -0.2) is 39.0 Å². The second-order valence-electron chi connectivity index (χ2n) is 4.10. The van der Waals surface area contributed by atoms with Gasteiger partial charge in [-0.1, -0.05) is 12.0 Å². The zero-order valence-corrected chi connectivity index (χ0v) is 11.5. The van der Waals surface area contributed by atoms with Crippen LogP contribution in [0.1, 0.15) is 5.69 Å². The Morgan fingerprint density at radius 2 is 2.35 bits per heavy atom. The third-order valence-corrected chi connectivity index (χ3v) is 3.41. The average Bonchev–Trinajstić information content (AvgIpc) is 2.88. The van der Waals surface area contributed by atoms with Crippen LogP contribution in [0.5, 0.6) is 0 Å². The summed E-state index contributed by atoms with van der Waals surface area (Å²) in [6, 6.07) is 5.64. The molecule has 0 saturated heterocycles. The van der Waals surface area contributed by atoms with Gasteiger partial charge in [-0.05, 0) is 12.1 Å². The molecule has 0 fully saturated rings. The average molecular weight is 287 g/mol. The van der Waals surface area contributed by atoms with E-state index in [9.17, 15) is 4.79 Å². The molecule has 0 unspecified atom stereocenters. The van der Waals surface area contributed by atoms with E-state index in [-0.39, 0.29) is 13.1 Å². The van der Waals surface area contributed by atoms with Crippen molar-refractivity contribution in [2.45, 2.75) is 6.54 Å². The number of carboxylic acids is 1. The van der Waals surface area contributed by atoms with E-state index in [1.807, 2.05) is 23.6 Å². The van der Waals surface area contributed by atoms with Crippen LogP contribution in [0.3, 0.4) is 0 Å². The van der Waals surface area contributed by atoms with E-state index in [1.165, 1.54) is 11.3 Å². The molecule has 0 amide bonds. The topological polar surface area (TPSA) is 66.3 Å². The van der Waals surface area contributed by atoms with E-state index in [0.717, 1.165) is 16.4 Å². The van der Waals surface area contributed by atoms with Gasteiger partial charge < -0.3 is 5.11 Å². The highest BCUT2D eigenvalue weighted by Crippen LogP contribution is 2.21. The molecular formula is C14H13N3O2S. The predicted molar refractivity (Wildman–Crippen MR) is 77.1 cm³/mol. The van der Waals surface area contributed by atoms with Gasteiger partial charge in [-0.25, -0.2) is 4.98 Å². The van der Waals surface area contributed by atoms with E-state index in [1.54, 1.807) is 11.1 Å². The SMILES string of the molecule is C#CCN(CC(=O)O)Cc1csc(-c2ccccn2)n1. The van der Waals surface area contributed by atoms with Crippen LogP contribution in [0.2, 0.25) is 0 Å². The van der Waals surface area contributed by atoms with Crippen LogP contribution in [-0.2, 0) is 11.3 Å². The summed E-state index contributed by atoms with van der Waals surface area (Å²) < 4.78 is 0. The van der Waals surface area contributed by atoms with Crippen LogP contribution in [0.4, 0.5) is 0 Å². The summed E-state index contributed by atoms with van der Waals surface area (Å²) in [6.07, 6.45) is 6.96. The molecule has 2 heterocycles. The number of pyridine rings is 1. The summed E-state index contributed by atoms with van der Waals surface area (Å²) in [5, 5.41) is 11.5. The number of thiazole rings is 1. The smallest absolute Gasteiger partial charge is 0.317 e. The normalized spacial score (nSPS) is 10.4. The van der Waals surface area contributed by atoms with E-state index < -0.39 is 5.97 Å². The van der Waals surface area contributed by atoms with Gasteiger partial charge in [0.2, 0.25) is 0 Å². The molecule has 0 atom stereocenters. The number of hydrogen-bond donors (Lipinski definition) is 1. The van der Waals surface area contributed by atoms with Gasteiger partial charge >= 0.3 is 5.97 Å². The zero-order valence-electron chi connectivity index (χ0n) is 10.7. The lowest BCUT2D eigenvalue weighted by Gasteiger charge is -2.15. The largest absolute Gasteiger partial charge is 0.480 e. The molecule has 20 heavy (non-hydrogen) atoms. The molecule has 1 N–H and O–H groups in total. The maximum atomic E-state index is 10.8. The van der Waals surface area contributed by atoms with E-state index in [0.29, 0.717) is 6.54 Å². The second kappa shape index (κ2) is 6.80. The predicted octanol–water partition coefficient (Wildman–Crippen LogP) is 1.72. The summed E-state index contributed by atoms with van der Waals surface area (Å²) in [7, 11) is 0. The van der Waals surface area contributed by atoms with E-state index in [4.69, 9.17) is 11.5 Å². The van der Waals surface area contributed by atoms with Crippen molar-refractivity contribution in [2.24, 2.45) is 0 Å². The zero-order chi connectivity index (χ0) is 14.4. The molecular weight excluding hydrogens is 274 g/mol. The number of nitrogens with zero attached hydrogens (tertiary/aromatic N) is 3. The Bertz CT molecular complexity index is 619. The fourth-order valence-electron chi connectivity index (χ4n) is 1.70. The highest BCUT2D eigenvalue weighted by molar-refractivity contribution is 7.13. The fraction of sp³-hybridized carbons (Fsp3) is 0.214. The Kier molecular flexibility index (Phi) is 4.82. The van der Waals surface area contributed by atoms with Gasteiger partial charge in [-0.15, -0.1) is 17.8 Å². The highest BCUT2D eigenvalue weighted by Gasteiger charge is 2.12. The molecule has 6 heteroatoms. The van der Waals surface area contributed by atoms with Crippen molar-refractivity contribution >= 4 is 17.3 Å². The summed E-state index contributed by atoms with van der Waals surface area (Å²) >= 11 is 1.48. The van der Waals surface area contributed by atoms with Crippen molar-refractivity contribution in [3.05, 3.63) is 35.5 Å². The Morgan fingerprint density at radius 1 is 1.50 bits per heavy atom. The lowest BCUT2D eigenvalue weighted by Crippen LogP contribution is -2.29. The molecule has 0 aliphatic heterocycles. The van der Waals surface area contributed by atoms with E-state index in [2.05, 4.69) is 15.9 Å². The van der Waals surface area contributed by atoms with Crippen LogP contribution < -0.4 is 0 Å². The van der Waals surface area contributed by atoms with Crippen molar-refractivity contribution in [3.8, 4) is 23.0 Å². The quantitative estimate of drug-likeness (QED) is 0.820. The van der Waals surface area contributed by atoms with Crippen molar-refractivity contribution in [1.29, 1.82) is 0 Å².